The summed E-state index contributed by atoms with van der Waals surface area (Å²) in [6.45, 7) is 0. The van der Waals surface area contributed by atoms with Crippen LogP contribution in [-0.2, 0) is 0 Å². The fraction of sp³-hybridized carbons (Fsp3) is 0.118. The summed E-state index contributed by atoms with van der Waals surface area (Å²) in [5.74, 6) is 0.479. The lowest BCUT2D eigenvalue weighted by Crippen LogP contribution is -2.17. The molecule has 24 heavy (non-hydrogen) atoms. The normalized spacial score (nSPS) is 15.5. The monoisotopic (exact) mass is 400 g/mol. The van der Waals surface area contributed by atoms with Crippen molar-refractivity contribution < 1.29 is 4.74 Å². The second kappa shape index (κ2) is 6.41. The van der Waals surface area contributed by atoms with Crippen LogP contribution in [0.5, 0.6) is 5.88 Å². The topological polar surface area (TPSA) is 59.9 Å². The highest BCUT2D eigenvalue weighted by Crippen LogP contribution is 2.40. The van der Waals surface area contributed by atoms with E-state index in [2.05, 4.69) is 36.4 Å². The lowest BCUT2D eigenvalue weighted by Gasteiger charge is -2.20. The maximum atomic E-state index is 6.18. The van der Waals surface area contributed by atoms with Gasteiger partial charge in [-0.25, -0.2) is 0 Å². The fourth-order valence-electron chi connectivity index (χ4n) is 2.56. The zero-order chi connectivity index (χ0) is 16.5. The standard InChI is InChI=1S/C17H13BrN4OS/c1-24-17-20-16-14(21-22-17)11-7-3-5-9-13(11)19-15(23-16)10-6-2-4-8-12(10)18/h2-9,15,19H,1H3. The van der Waals surface area contributed by atoms with Crippen molar-refractivity contribution in [2.45, 2.75) is 11.4 Å². The van der Waals surface area contributed by atoms with Gasteiger partial charge in [0.1, 0.15) is 0 Å². The molecule has 5 nitrogen and oxygen atoms in total. The highest BCUT2D eigenvalue weighted by Gasteiger charge is 2.26. The van der Waals surface area contributed by atoms with Crippen LogP contribution in [0.15, 0.2) is 58.2 Å². The van der Waals surface area contributed by atoms with E-state index in [0.717, 1.165) is 21.3 Å². The summed E-state index contributed by atoms with van der Waals surface area (Å²) < 4.78 is 7.15. The van der Waals surface area contributed by atoms with Gasteiger partial charge in [-0.1, -0.05) is 64.1 Å². The molecule has 4 rings (SSSR count). The Balaban J connectivity index is 1.89. The van der Waals surface area contributed by atoms with E-state index >= 15 is 0 Å². The second-order valence-electron chi connectivity index (χ2n) is 5.16. The van der Waals surface area contributed by atoms with Crippen LogP contribution < -0.4 is 10.1 Å². The largest absolute Gasteiger partial charge is 0.448 e. The molecule has 1 unspecified atom stereocenters. The van der Waals surface area contributed by atoms with Gasteiger partial charge in [0.2, 0.25) is 11.0 Å². The number of fused-ring (bicyclic) bond motifs is 3. The molecule has 2 heterocycles. The average molecular weight is 401 g/mol. The van der Waals surface area contributed by atoms with Gasteiger partial charge >= 0.3 is 0 Å². The van der Waals surface area contributed by atoms with E-state index in [9.17, 15) is 0 Å². The zero-order valence-electron chi connectivity index (χ0n) is 12.7. The number of thioether (sulfide) groups is 1. The molecule has 0 saturated carbocycles. The van der Waals surface area contributed by atoms with E-state index in [4.69, 9.17) is 4.74 Å². The van der Waals surface area contributed by atoms with Crippen molar-refractivity contribution in [3.05, 3.63) is 58.6 Å². The summed E-state index contributed by atoms with van der Waals surface area (Å²) in [6.07, 6.45) is 1.53. The second-order valence-corrected chi connectivity index (χ2v) is 6.79. The molecular formula is C17H13BrN4OS. The molecule has 0 fully saturated rings. The minimum Gasteiger partial charge on any atom is -0.448 e. The summed E-state index contributed by atoms with van der Waals surface area (Å²) in [5.41, 5.74) is 3.50. The predicted molar refractivity (Wildman–Crippen MR) is 98.2 cm³/mol. The number of anilines is 1. The minimum absolute atomic E-state index is 0.380. The first-order valence-corrected chi connectivity index (χ1v) is 9.34. The number of aromatic nitrogens is 3. The highest BCUT2D eigenvalue weighted by molar-refractivity contribution is 9.10. The summed E-state index contributed by atoms with van der Waals surface area (Å²) in [4.78, 5) is 4.51. The Labute approximate surface area is 152 Å². The van der Waals surface area contributed by atoms with Gasteiger partial charge in [-0.2, -0.15) is 4.98 Å². The number of ether oxygens (including phenoxy) is 1. The first kappa shape index (κ1) is 15.4. The summed E-state index contributed by atoms with van der Waals surface area (Å²) in [5, 5.41) is 12.5. The molecule has 0 saturated heterocycles. The third-order valence-corrected chi connectivity index (χ3v) is 4.96. The molecule has 1 N–H and O–H groups in total. The van der Waals surface area contributed by atoms with Crippen LogP contribution in [0.25, 0.3) is 11.3 Å². The lowest BCUT2D eigenvalue weighted by atomic mass is 10.1. The van der Waals surface area contributed by atoms with Gasteiger partial charge in [0.05, 0.1) is 0 Å². The highest BCUT2D eigenvalue weighted by atomic mass is 79.9. The van der Waals surface area contributed by atoms with E-state index in [1.54, 1.807) is 0 Å². The zero-order valence-corrected chi connectivity index (χ0v) is 15.1. The van der Waals surface area contributed by atoms with Crippen LogP contribution in [0.2, 0.25) is 0 Å². The fourth-order valence-corrected chi connectivity index (χ4v) is 3.35. The molecule has 0 amide bonds. The van der Waals surface area contributed by atoms with Crippen LogP contribution in [0.4, 0.5) is 5.69 Å². The van der Waals surface area contributed by atoms with E-state index in [0.29, 0.717) is 16.7 Å². The van der Waals surface area contributed by atoms with Crippen LogP contribution >= 0.6 is 27.7 Å². The van der Waals surface area contributed by atoms with Crippen molar-refractivity contribution in [3.63, 3.8) is 0 Å². The third kappa shape index (κ3) is 2.74. The van der Waals surface area contributed by atoms with Crippen LogP contribution in [0.3, 0.4) is 0 Å². The van der Waals surface area contributed by atoms with Crippen LogP contribution in [0, 0.1) is 0 Å². The van der Waals surface area contributed by atoms with Crippen molar-refractivity contribution in [1.29, 1.82) is 0 Å². The van der Waals surface area contributed by atoms with Crippen molar-refractivity contribution in [1.82, 2.24) is 15.2 Å². The van der Waals surface area contributed by atoms with E-state index in [-0.39, 0.29) is 6.23 Å². The number of benzene rings is 2. The van der Waals surface area contributed by atoms with E-state index < -0.39 is 0 Å². The van der Waals surface area contributed by atoms with Crippen molar-refractivity contribution in [2.75, 3.05) is 11.6 Å². The Morgan fingerprint density at radius 3 is 2.71 bits per heavy atom. The number of para-hydroxylation sites is 1. The Kier molecular flexibility index (Phi) is 4.12. The average Bonchev–Trinajstić information content (AvgIpc) is 2.78. The molecule has 3 aromatic rings. The SMILES string of the molecule is CSc1nnc2c(n1)OC(c1ccccc1Br)Nc1ccccc1-2. The number of halogens is 1. The Morgan fingerprint density at radius 1 is 1.08 bits per heavy atom. The van der Waals surface area contributed by atoms with Crippen LogP contribution in [0.1, 0.15) is 11.8 Å². The number of rotatable bonds is 2. The molecule has 1 aliphatic heterocycles. The van der Waals surface area contributed by atoms with E-state index in [1.165, 1.54) is 11.8 Å². The van der Waals surface area contributed by atoms with Gasteiger partial charge in [-0.05, 0) is 18.4 Å². The van der Waals surface area contributed by atoms with Crippen molar-refractivity contribution in [2.24, 2.45) is 0 Å². The van der Waals surface area contributed by atoms with Gasteiger partial charge in [0, 0.05) is 21.3 Å². The first-order valence-electron chi connectivity index (χ1n) is 7.32. The number of hydrogen-bond acceptors (Lipinski definition) is 6. The number of nitrogens with zero attached hydrogens (tertiary/aromatic N) is 3. The molecule has 120 valence electrons. The predicted octanol–water partition coefficient (Wildman–Crippen LogP) is 4.53. The molecule has 1 aliphatic rings. The number of nitrogens with one attached hydrogen (secondary N) is 1. The van der Waals surface area contributed by atoms with Crippen molar-refractivity contribution in [3.8, 4) is 17.1 Å². The molecule has 1 atom stereocenters. The maximum absolute atomic E-state index is 6.18. The molecule has 7 heteroatoms. The van der Waals surface area contributed by atoms with Gasteiger partial charge in [-0.15, -0.1) is 10.2 Å². The molecule has 2 aromatic carbocycles. The van der Waals surface area contributed by atoms with E-state index in [1.807, 2.05) is 54.8 Å². The van der Waals surface area contributed by atoms with Gasteiger partial charge in [0.15, 0.2) is 11.9 Å². The Hall–Kier alpha value is -2.12. The number of hydrogen-bond donors (Lipinski definition) is 1. The molecule has 1 aromatic heterocycles. The molecule has 0 aliphatic carbocycles. The van der Waals surface area contributed by atoms with Crippen LogP contribution in [-0.4, -0.2) is 21.4 Å². The smallest absolute Gasteiger partial charge is 0.247 e. The Morgan fingerprint density at radius 2 is 1.88 bits per heavy atom. The van der Waals surface area contributed by atoms with Gasteiger partial charge < -0.3 is 10.1 Å². The van der Waals surface area contributed by atoms with Gasteiger partial charge in [0.25, 0.3) is 0 Å². The molecule has 0 radical (unpaired) electrons. The maximum Gasteiger partial charge on any atom is 0.247 e. The first-order chi connectivity index (χ1) is 11.8. The van der Waals surface area contributed by atoms with Gasteiger partial charge in [-0.3, -0.25) is 0 Å². The Bertz CT molecular complexity index is 905. The third-order valence-electron chi connectivity index (χ3n) is 3.70. The molecular weight excluding hydrogens is 388 g/mol. The van der Waals surface area contributed by atoms with Crippen molar-refractivity contribution >= 4 is 33.4 Å². The molecule has 0 bridgehead atoms. The summed E-state index contributed by atoms with van der Waals surface area (Å²) in [7, 11) is 0. The summed E-state index contributed by atoms with van der Waals surface area (Å²) in [6, 6.07) is 15.9. The lowest BCUT2D eigenvalue weighted by molar-refractivity contribution is 0.224. The molecule has 0 spiro atoms. The summed E-state index contributed by atoms with van der Waals surface area (Å²) >= 11 is 5.03. The quantitative estimate of drug-likeness (QED) is 0.637. The minimum atomic E-state index is -0.380.